The standard InChI is InChI=1S/C13H13BrFN3/c1-8-6-18-12(7-17-8)11(16)5-9-3-2-4-10(15)13(9)14/h2-4,6-7,11H,5,16H2,1H3. The van der Waals surface area contributed by atoms with E-state index in [1.54, 1.807) is 18.5 Å². The van der Waals surface area contributed by atoms with E-state index in [9.17, 15) is 4.39 Å². The molecule has 0 amide bonds. The Bertz CT molecular complexity index is 542. The van der Waals surface area contributed by atoms with Gasteiger partial charge in [0.1, 0.15) is 5.82 Å². The quantitative estimate of drug-likeness (QED) is 0.948. The normalized spacial score (nSPS) is 12.4. The Balaban J connectivity index is 2.18. The zero-order chi connectivity index (χ0) is 13.1. The number of hydrogen-bond donors (Lipinski definition) is 1. The minimum atomic E-state index is -0.295. The largest absolute Gasteiger partial charge is 0.322 e. The number of rotatable bonds is 3. The lowest BCUT2D eigenvalue weighted by Crippen LogP contribution is -2.15. The highest BCUT2D eigenvalue weighted by Crippen LogP contribution is 2.24. The van der Waals surface area contributed by atoms with Gasteiger partial charge in [0, 0.05) is 6.20 Å². The van der Waals surface area contributed by atoms with Crippen LogP contribution >= 0.6 is 15.9 Å². The zero-order valence-corrected chi connectivity index (χ0v) is 11.5. The summed E-state index contributed by atoms with van der Waals surface area (Å²) in [4.78, 5) is 8.38. The van der Waals surface area contributed by atoms with Gasteiger partial charge in [-0.3, -0.25) is 9.97 Å². The SMILES string of the molecule is Cc1cnc(C(N)Cc2cccc(F)c2Br)cn1. The molecule has 2 rings (SSSR count). The molecule has 0 bridgehead atoms. The Hall–Kier alpha value is -1.33. The summed E-state index contributed by atoms with van der Waals surface area (Å²) in [6.45, 7) is 1.87. The fourth-order valence-electron chi connectivity index (χ4n) is 1.64. The van der Waals surface area contributed by atoms with Crippen LogP contribution in [0.4, 0.5) is 4.39 Å². The highest BCUT2D eigenvalue weighted by atomic mass is 79.9. The Morgan fingerprint density at radius 3 is 2.78 bits per heavy atom. The molecule has 94 valence electrons. The van der Waals surface area contributed by atoms with Gasteiger partial charge in [-0.1, -0.05) is 12.1 Å². The minimum absolute atomic E-state index is 0.283. The molecule has 3 nitrogen and oxygen atoms in total. The molecular formula is C13H13BrFN3. The first-order valence-corrected chi connectivity index (χ1v) is 6.34. The Labute approximate surface area is 113 Å². The number of aryl methyl sites for hydroxylation is 1. The van der Waals surface area contributed by atoms with E-state index in [4.69, 9.17) is 5.73 Å². The number of halogens is 2. The maximum Gasteiger partial charge on any atom is 0.137 e. The number of nitrogens with two attached hydrogens (primary N) is 1. The lowest BCUT2D eigenvalue weighted by Gasteiger charge is -2.12. The molecule has 18 heavy (non-hydrogen) atoms. The molecule has 0 radical (unpaired) electrons. The molecule has 1 aromatic carbocycles. The number of nitrogens with zero attached hydrogens (tertiary/aromatic N) is 2. The predicted molar refractivity (Wildman–Crippen MR) is 71.5 cm³/mol. The Morgan fingerprint density at radius 1 is 1.33 bits per heavy atom. The maximum absolute atomic E-state index is 13.4. The average Bonchev–Trinajstić information content (AvgIpc) is 2.36. The fourth-order valence-corrected chi connectivity index (χ4v) is 2.07. The van der Waals surface area contributed by atoms with Gasteiger partial charge in [0.05, 0.1) is 28.1 Å². The second-order valence-electron chi connectivity index (χ2n) is 4.11. The van der Waals surface area contributed by atoms with E-state index < -0.39 is 0 Å². The van der Waals surface area contributed by atoms with Crippen molar-refractivity contribution in [2.75, 3.05) is 0 Å². The van der Waals surface area contributed by atoms with E-state index in [1.807, 2.05) is 13.0 Å². The van der Waals surface area contributed by atoms with E-state index in [0.717, 1.165) is 11.3 Å². The summed E-state index contributed by atoms with van der Waals surface area (Å²) < 4.78 is 13.8. The smallest absolute Gasteiger partial charge is 0.137 e. The highest BCUT2D eigenvalue weighted by molar-refractivity contribution is 9.10. The van der Waals surface area contributed by atoms with Crippen molar-refractivity contribution in [2.24, 2.45) is 5.73 Å². The molecule has 1 atom stereocenters. The van der Waals surface area contributed by atoms with Crippen molar-refractivity contribution in [2.45, 2.75) is 19.4 Å². The van der Waals surface area contributed by atoms with E-state index >= 15 is 0 Å². The summed E-state index contributed by atoms with van der Waals surface area (Å²) >= 11 is 3.23. The van der Waals surface area contributed by atoms with Gasteiger partial charge in [0.2, 0.25) is 0 Å². The molecule has 2 N–H and O–H groups in total. The van der Waals surface area contributed by atoms with Gasteiger partial charge in [-0.25, -0.2) is 4.39 Å². The van der Waals surface area contributed by atoms with E-state index in [2.05, 4.69) is 25.9 Å². The minimum Gasteiger partial charge on any atom is -0.322 e. The van der Waals surface area contributed by atoms with Crippen LogP contribution in [0.3, 0.4) is 0 Å². The summed E-state index contributed by atoms with van der Waals surface area (Å²) in [6, 6.07) is 4.62. The number of benzene rings is 1. The van der Waals surface area contributed by atoms with Crippen LogP contribution < -0.4 is 5.73 Å². The summed E-state index contributed by atoms with van der Waals surface area (Å²) in [5, 5.41) is 0. The van der Waals surface area contributed by atoms with Gasteiger partial charge < -0.3 is 5.73 Å². The van der Waals surface area contributed by atoms with E-state index in [0.29, 0.717) is 16.6 Å². The van der Waals surface area contributed by atoms with Gasteiger partial charge >= 0.3 is 0 Å². The van der Waals surface area contributed by atoms with Crippen LogP contribution in [0.5, 0.6) is 0 Å². The second kappa shape index (κ2) is 5.54. The van der Waals surface area contributed by atoms with Crippen LogP contribution in [0.1, 0.15) is 23.0 Å². The topological polar surface area (TPSA) is 51.8 Å². The van der Waals surface area contributed by atoms with Gasteiger partial charge in [-0.05, 0) is 40.9 Å². The van der Waals surface area contributed by atoms with Crippen molar-refractivity contribution in [1.82, 2.24) is 9.97 Å². The first-order chi connectivity index (χ1) is 8.58. The van der Waals surface area contributed by atoms with Gasteiger partial charge in [0.25, 0.3) is 0 Å². The fraction of sp³-hybridized carbons (Fsp3) is 0.231. The molecule has 0 aliphatic rings. The average molecular weight is 310 g/mol. The Kier molecular flexibility index (Phi) is 4.04. The van der Waals surface area contributed by atoms with E-state index in [-0.39, 0.29) is 11.9 Å². The van der Waals surface area contributed by atoms with Crippen LogP contribution in [0.2, 0.25) is 0 Å². The molecule has 0 saturated carbocycles. The third kappa shape index (κ3) is 2.91. The summed E-state index contributed by atoms with van der Waals surface area (Å²) in [6.07, 6.45) is 3.85. The highest BCUT2D eigenvalue weighted by Gasteiger charge is 2.12. The molecule has 5 heteroatoms. The van der Waals surface area contributed by atoms with Crippen molar-refractivity contribution in [1.29, 1.82) is 0 Å². The van der Waals surface area contributed by atoms with Crippen molar-refractivity contribution in [3.05, 3.63) is 57.8 Å². The molecular weight excluding hydrogens is 297 g/mol. The van der Waals surface area contributed by atoms with Crippen molar-refractivity contribution < 1.29 is 4.39 Å². The summed E-state index contributed by atoms with van der Waals surface area (Å²) in [5.41, 5.74) is 8.42. The van der Waals surface area contributed by atoms with Crippen molar-refractivity contribution in [3.63, 3.8) is 0 Å². The lowest BCUT2D eigenvalue weighted by atomic mass is 10.0. The summed E-state index contributed by atoms with van der Waals surface area (Å²) in [7, 11) is 0. The van der Waals surface area contributed by atoms with Crippen molar-refractivity contribution in [3.8, 4) is 0 Å². The van der Waals surface area contributed by atoms with Gasteiger partial charge in [-0.15, -0.1) is 0 Å². The monoisotopic (exact) mass is 309 g/mol. The molecule has 1 aromatic heterocycles. The van der Waals surface area contributed by atoms with Gasteiger partial charge in [0.15, 0.2) is 0 Å². The first kappa shape index (κ1) is 13.1. The van der Waals surface area contributed by atoms with E-state index in [1.165, 1.54) is 6.07 Å². The van der Waals surface area contributed by atoms with Crippen LogP contribution in [0.25, 0.3) is 0 Å². The third-order valence-electron chi connectivity index (χ3n) is 2.65. The molecule has 0 aliphatic heterocycles. The number of aromatic nitrogens is 2. The molecule has 0 aliphatic carbocycles. The van der Waals surface area contributed by atoms with Crippen LogP contribution in [0, 0.1) is 12.7 Å². The molecule has 1 unspecified atom stereocenters. The molecule has 0 fully saturated rings. The first-order valence-electron chi connectivity index (χ1n) is 5.55. The molecule has 0 spiro atoms. The van der Waals surface area contributed by atoms with Crippen LogP contribution in [-0.4, -0.2) is 9.97 Å². The Morgan fingerprint density at radius 2 is 2.11 bits per heavy atom. The second-order valence-corrected chi connectivity index (χ2v) is 4.90. The summed E-state index contributed by atoms with van der Waals surface area (Å²) in [5.74, 6) is -0.283. The van der Waals surface area contributed by atoms with Crippen molar-refractivity contribution >= 4 is 15.9 Å². The lowest BCUT2D eigenvalue weighted by molar-refractivity contribution is 0.612. The number of hydrogen-bond acceptors (Lipinski definition) is 3. The van der Waals surface area contributed by atoms with Crippen LogP contribution in [0.15, 0.2) is 35.1 Å². The van der Waals surface area contributed by atoms with Crippen LogP contribution in [-0.2, 0) is 6.42 Å². The molecule has 1 heterocycles. The third-order valence-corrected chi connectivity index (χ3v) is 3.54. The van der Waals surface area contributed by atoms with Gasteiger partial charge in [-0.2, -0.15) is 0 Å². The zero-order valence-electron chi connectivity index (χ0n) is 9.90. The predicted octanol–water partition coefficient (Wildman–Crippen LogP) is 2.93. The molecule has 2 aromatic rings. The maximum atomic E-state index is 13.4. The molecule has 0 saturated heterocycles.